The molecule has 1 N–H and O–H groups in total. The second kappa shape index (κ2) is 6.39. The summed E-state index contributed by atoms with van der Waals surface area (Å²) in [5.74, 6) is -5.78. The van der Waals surface area contributed by atoms with Gasteiger partial charge in [0, 0.05) is 18.1 Å². The van der Waals surface area contributed by atoms with Gasteiger partial charge in [-0.3, -0.25) is 9.59 Å². The Labute approximate surface area is 135 Å². The topological polar surface area (TPSA) is 57.6 Å². The van der Waals surface area contributed by atoms with Crippen molar-refractivity contribution in [2.75, 3.05) is 13.1 Å². The molecule has 1 aromatic carbocycles. The van der Waals surface area contributed by atoms with Gasteiger partial charge in [0.15, 0.2) is 0 Å². The number of rotatable bonds is 3. The molecule has 0 radical (unpaired) electrons. The smallest absolute Gasteiger partial charge is 0.394 e. The fourth-order valence-electron chi connectivity index (χ4n) is 2.71. The van der Waals surface area contributed by atoms with Gasteiger partial charge < -0.3 is 10.0 Å². The zero-order valence-electron chi connectivity index (χ0n) is 12.2. The highest BCUT2D eigenvalue weighted by atomic mass is 35.5. The maximum Gasteiger partial charge on any atom is 0.394 e. The van der Waals surface area contributed by atoms with Crippen LogP contribution < -0.4 is 0 Å². The van der Waals surface area contributed by atoms with Crippen LogP contribution in [-0.2, 0) is 16.0 Å². The standard InChI is InChI=1S/C15H15ClF3NO3/c1-8-3-2-4-9(13(8)16)5-12(21)20-6-10(14(22)23)11(7-20)15(17,18)19/h2-4,10-11H,5-7H2,1H3,(H,22,23)/t10-,11-/m1/s1. The molecule has 1 saturated heterocycles. The van der Waals surface area contributed by atoms with Gasteiger partial charge in [-0.2, -0.15) is 13.2 Å². The van der Waals surface area contributed by atoms with Crippen molar-refractivity contribution in [3.05, 3.63) is 34.3 Å². The van der Waals surface area contributed by atoms with Gasteiger partial charge in [0.1, 0.15) is 0 Å². The van der Waals surface area contributed by atoms with Crippen molar-refractivity contribution in [2.45, 2.75) is 19.5 Å². The van der Waals surface area contributed by atoms with Crippen molar-refractivity contribution in [2.24, 2.45) is 11.8 Å². The van der Waals surface area contributed by atoms with Crippen LogP contribution in [0.3, 0.4) is 0 Å². The molecule has 0 unspecified atom stereocenters. The predicted octanol–water partition coefficient (Wildman–Crippen LogP) is 2.91. The third kappa shape index (κ3) is 3.77. The first-order valence-electron chi connectivity index (χ1n) is 6.92. The molecule has 8 heteroatoms. The molecule has 4 nitrogen and oxygen atoms in total. The highest BCUT2D eigenvalue weighted by molar-refractivity contribution is 6.32. The average molecular weight is 350 g/mol. The van der Waals surface area contributed by atoms with E-state index < -0.39 is 43.0 Å². The maximum atomic E-state index is 12.9. The Morgan fingerprint density at radius 2 is 2.00 bits per heavy atom. The molecule has 0 aliphatic carbocycles. The quantitative estimate of drug-likeness (QED) is 0.912. The fraction of sp³-hybridized carbons (Fsp3) is 0.467. The lowest BCUT2D eigenvalue weighted by molar-refractivity contribution is -0.188. The number of aryl methyl sites for hydroxylation is 1. The van der Waals surface area contributed by atoms with E-state index in [1.807, 2.05) is 0 Å². The van der Waals surface area contributed by atoms with Crippen LogP contribution in [0, 0.1) is 18.8 Å². The van der Waals surface area contributed by atoms with Crippen LogP contribution in [0.4, 0.5) is 13.2 Å². The lowest BCUT2D eigenvalue weighted by atomic mass is 9.96. The molecule has 1 fully saturated rings. The Morgan fingerprint density at radius 1 is 1.35 bits per heavy atom. The molecule has 1 aliphatic heterocycles. The number of likely N-dealkylation sites (tertiary alicyclic amines) is 1. The summed E-state index contributed by atoms with van der Waals surface area (Å²) in [5.41, 5.74) is 1.27. The first-order chi connectivity index (χ1) is 10.6. The molecule has 126 valence electrons. The van der Waals surface area contributed by atoms with E-state index in [1.54, 1.807) is 25.1 Å². The van der Waals surface area contributed by atoms with Crippen LogP contribution in [0.5, 0.6) is 0 Å². The van der Waals surface area contributed by atoms with Crippen molar-refractivity contribution >= 4 is 23.5 Å². The Balaban J connectivity index is 2.15. The van der Waals surface area contributed by atoms with Gasteiger partial charge in [-0.1, -0.05) is 29.8 Å². The number of carbonyl (C=O) groups excluding carboxylic acids is 1. The summed E-state index contributed by atoms with van der Waals surface area (Å²) < 4.78 is 38.8. The van der Waals surface area contributed by atoms with Crippen LogP contribution in [0.1, 0.15) is 11.1 Å². The molecular weight excluding hydrogens is 335 g/mol. The van der Waals surface area contributed by atoms with Gasteiger partial charge in [0.25, 0.3) is 0 Å². The minimum Gasteiger partial charge on any atom is -0.481 e. The normalized spacial score (nSPS) is 21.5. The highest BCUT2D eigenvalue weighted by Gasteiger charge is 2.53. The number of carbonyl (C=O) groups is 2. The molecular formula is C15H15ClF3NO3. The van der Waals surface area contributed by atoms with E-state index in [2.05, 4.69) is 0 Å². The summed E-state index contributed by atoms with van der Waals surface area (Å²) in [6, 6.07) is 5.08. The molecule has 0 saturated carbocycles. The van der Waals surface area contributed by atoms with E-state index in [9.17, 15) is 22.8 Å². The predicted molar refractivity (Wildman–Crippen MR) is 77.1 cm³/mol. The molecule has 1 amide bonds. The second-order valence-electron chi connectivity index (χ2n) is 5.62. The first kappa shape index (κ1) is 17.6. The molecule has 0 bridgehead atoms. The van der Waals surface area contributed by atoms with E-state index in [0.29, 0.717) is 10.6 Å². The summed E-state index contributed by atoms with van der Waals surface area (Å²) in [6.45, 7) is 0.677. The number of hydrogen-bond donors (Lipinski definition) is 1. The Bertz CT molecular complexity index is 633. The lowest BCUT2D eigenvalue weighted by Crippen LogP contribution is -2.34. The lowest BCUT2D eigenvalue weighted by Gasteiger charge is -2.18. The number of halogens is 4. The van der Waals surface area contributed by atoms with Crippen LogP contribution in [0.15, 0.2) is 18.2 Å². The SMILES string of the molecule is Cc1cccc(CC(=O)N2C[C@@H](C(F)(F)F)[C@H](C(=O)O)C2)c1Cl. The van der Waals surface area contributed by atoms with Crippen LogP contribution in [0.25, 0.3) is 0 Å². The monoisotopic (exact) mass is 349 g/mol. The van der Waals surface area contributed by atoms with Crippen LogP contribution >= 0.6 is 11.6 Å². The van der Waals surface area contributed by atoms with E-state index in [-0.39, 0.29) is 6.42 Å². The maximum absolute atomic E-state index is 12.9. The number of hydrogen-bond acceptors (Lipinski definition) is 2. The van der Waals surface area contributed by atoms with Crippen molar-refractivity contribution in [3.8, 4) is 0 Å². The van der Waals surface area contributed by atoms with Crippen LogP contribution in [0.2, 0.25) is 5.02 Å². The number of benzene rings is 1. The minimum absolute atomic E-state index is 0.155. The molecule has 0 aromatic heterocycles. The van der Waals surface area contributed by atoms with E-state index in [4.69, 9.17) is 16.7 Å². The summed E-state index contributed by atoms with van der Waals surface area (Å²) in [6.07, 6.45) is -4.81. The highest BCUT2D eigenvalue weighted by Crippen LogP contribution is 2.38. The van der Waals surface area contributed by atoms with E-state index in [0.717, 1.165) is 10.5 Å². The molecule has 0 spiro atoms. The number of aliphatic carboxylic acids is 1. The van der Waals surface area contributed by atoms with Crippen molar-refractivity contribution in [1.82, 2.24) is 4.90 Å². The summed E-state index contributed by atoms with van der Waals surface area (Å²) in [7, 11) is 0. The second-order valence-corrected chi connectivity index (χ2v) is 5.99. The number of carboxylic acids is 1. The van der Waals surface area contributed by atoms with Crippen LogP contribution in [-0.4, -0.2) is 41.1 Å². The van der Waals surface area contributed by atoms with E-state index >= 15 is 0 Å². The number of carboxylic acid groups (broad SMARTS) is 1. The molecule has 2 rings (SSSR count). The molecule has 1 aliphatic rings. The van der Waals surface area contributed by atoms with Gasteiger partial charge in [-0.15, -0.1) is 0 Å². The Hall–Kier alpha value is -1.76. The molecule has 23 heavy (non-hydrogen) atoms. The van der Waals surface area contributed by atoms with Gasteiger partial charge in [-0.05, 0) is 18.1 Å². The molecule has 2 atom stereocenters. The molecule has 1 heterocycles. The summed E-state index contributed by atoms with van der Waals surface area (Å²) in [5, 5.41) is 9.35. The third-order valence-electron chi connectivity index (χ3n) is 4.02. The third-order valence-corrected chi connectivity index (χ3v) is 4.56. The van der Waals surface area contributed by atoms with Crippen molar-refractivity contribution in [1.29, 1.82) is 0 Å². The molecule has 1 aromatic rings. The van der Waals surface area contributed by atoms with Gasteiger partial charge in [0.05, 0.1) is 18.3 Å². The zero-order valence-corrected chi connectivity index (χ0v) is 13.0. The Kier molecular flexibility index (Phi) is 4.89. The Morgan fingerprint density at radius 3 is 2.52 bits per heavy atom. The summed E-state index contributed by atoms with van der Waals surface area (Å²) >= 11 is 6.08. The minimum atomic E-state index is -4.65. The van der Waals surface area contributed by atoms with Gasteiger partial charge in [0.2, 0.25) is 5.91 Å². The number of amides is 1. The first-order valence-corrected chi connectivity index (χ1v) is 7.30. The summed E-state index contributed by atoms with van der Waals surface area (Å²) in [4.78, 5) is 24.2. The largest absolute Gasteiger partial charge is 0.481 e. The average Bonchev–Trinajstić information content (AvgIpc) is 2.89. The van der Waals surface area contributed by atoms with Crippen molar-refractivity contribution in [3.63, 3.8) is 0 Å². The number of alkyl halides is 3. The van der Waals surface area contributed by atoms with Gasteiger partial charge >= 0.3 is 12.1 Å². The fourth-order valence-corrected chi connectivity index (χ4v) is 2.90. The van der Waals surface area contributed by atoms with Gasteiger partial charge in [-0.25, -0.2) is 0 Å². The van der Waals surface area contributed by atoms with Crippen molar-refractivity contribution < 1.29 is 27.9 Å². The van der Waals surface area contributed by atoms with E-state index in [1.165, 1.54) is 0 Å². The zero-order chi connectivity index (χ0) is 17.4. The number of nitrogens with zero attached hydrogens (tertiary/aromatic N) is 1.